The van der Waals surface area contributed by atoms with Gasteiger partial charge in [0.25, 0.3) is 0 Å². The van der Waals surface area contributed by atoms with Crippen molar-refractivity contribution in [2.45, 2.75) is 19.4 Å². The zero-order chi connectivity index (χ0) is 18.8. The Bertz CT molecular complexity index is 951. The van der Waals surface area contributed by atoms with Crippen LogP contribution in [0.2, 0.25) is 0 Å². The van der Waals surface area contributed by atoms with Crippen molar-refractivity contribution >= 4 is 6.09 Å². The first-order valence-corrected chi connectivity index (χ1v) is 9.01. The van der Waals surface area contributed by atoms with E-state index in [1.165, 1.54) is 22.3 Å². The van der Waals surface area contributed by atoms with Gasteiger partial charge in [-0.15, -0.1) is 0 Å². The van der Waals surface area contributed by atoms with Crippen molar-refractivity contribution in [1.82, 2.24) is 5.32 Å². The third kappa shape index (κ3) is 3.38. The molecule has 0 aromatic heterocycles. The SMILES string of the molecule is Cc1cc(O)ccc1CNC(=O)OCC1c2ccccc2-c2ccccc21. The minimum absolute atomic E-state index is 0.0542. The van der Waals surface area contributed by atoms with Gasteiger partial charge in [-0.3, -0.25) is 0 Å². The standard InChI is InChI=1S/C23H21NO3/c1-15-12-17(25)11-10-16(15)13-24-23(26)27-14-22-20-8-4-2-6-18(20)19-7-3-5-9-21(19)22/h2-12,22,25H,13-14H2,1H3,(H,24,26). The third-order valence-corrected chi connectivity index (χ3v) is 5.09. The lowest BCUT2D eigenvalue weighted by atomic mass is 9.98. The highest BCUT2D eigenvalue weighted by molar-refractivity contribution is 5.79. The van der Waals surface area contributed by atoms with Crippen LogP contribution in [0.25, 0.3) is 11.1 Å². The molecule has 0 atom stereocenters. The molecular formula is C23H21NO3. The van der Waals surface area contributed by atoms with Crippen LogP contribution in [-0.4, -0.2) is 17.8 Å². The summed E-state index contributed by atoms with van der Waals surface area (Å²) in [6, 6.07) is 21.6. The van der Waals surface area contributed by atoms with Gasteiger partial charge >= 0.3 is 6.09 Å². The Morgan fingerprint density at radius 3 is 2.26 bits per heavy atom. The van der Waals surface area contributed by atoms with Crippen LogP contribution in [0.4, 0.5) is 4.79 Å². The van der Waals surface area contributed by atoms with Crippen molar-refractivity contribution in [3.63, 3.8) is 0 Å². The molecule has 0 bridgehead atoms. The molecule has 0 fully saturated rings. The number of nitrogens with one attached hydrogen (secondary N) is 1. The fraction of sp³-hybridized carbons (Fsp3) is 0.174. The van der Waals surface area contributed by atoms with Gasteiger partial charge in [0.05, 0.1) is 0 Å². The Kier molecular flexibility index (Phi) is 4.55. The van der Waals surface area contributed by atoms with E-state index in [1.807, 2.05) is 31.2 Å². The molecule has 4 heteroatoms. The van der Waals surface area contributed by atoms with Crippen molar-refractivity contribution in [2.75, 3.05) is 6.61 Å². The van der Waals surface area contributed by atoms with Gasteiger partial charge in [0.15, 0.2) is 0 Å². The van der Waals surface area contributed by atoms with Crippen LogP contribution in [0.3, 0.4) is 0 Å². The summed E-state index contributed by atoms with van der Waals surface area (Å²) in [6.07, 6.45) is -0.440. The van der Waals surface area contributed by atoms with Crippen LogP contribution in [-0.2, 0) is 11.3 Å². The monoisotopic (exact) mass is 359 g/mol. The average molecular weight is 359 g/mol. The number of carbonyl (C=O) groups excluding carboxylic acids is 1. The van der Waals surface area contributed by atoms with Crippen LogP contribution in [0.15, 0.2) is 66.7 Å². The minimum Gasteiger partial charge on any atom is -0.508 e. The molecule has 0 aliphatic heterocycles. The van der Waals surface area contributed by atoms with Gasteiger partial charge in [-0.05, 0) is 52.4 Å². The molecule has 0 unspecified atom stereocenters. The maximum absolute atomic E-state index is 12.2. The van der Waals surface area contributed by atoms with Gasteiger partial charge in [-0.25, -0.2) is 4.79 Å². The predicted molar refractivity (Wildman–Crippen MR) is 105 cm³/mol. The number of carbonyl (C=O) groups is 1. The highest BCUT2D eigenvalue weighted by Crippen LogP contribution is 2.44. The van der Waals surface area contributed by atoms with Crippen LogP contribution in [0.1, 0.15) is 28.2 Å². The number of alkyl carbamates (subject to hydrolysis) is 1. The zero-order valence-corrected chi connectivity index (χ0v) is 15.1. The quantitative estimate of drug-likeness (QED) is 0.707. The highest BCUT2D eigenvalue weighted by Gasteiger charge is 2.28. The molecule has 136 valence electrons. The van der Waals surface area contributed by atoms with Gasteiger partial charge in [0.2, 0.25) is 0 Å². The van der Waals surface area contributed by atoms with Crippen molar-refractivity contribution in [3.05, 3.63) is 89.0 Å². The first-order chi connectivity index (χ1) is 13.1. The summed E-state index contributed by atoms with van der Waals surface area (Å²) in [4.78, 5) is 12.2. The second-order valence-electron chi connectivity index (χ2n) is 6.79. The maximum atomic E-state index is 12.2. The maximum Gasteiger partial charge on any atom is 0.407 e. The smallest absolute Gasteiger partial charge is 0.407 e. The molecule has 0 radical (unpaired) electrons. The molecular weight excluding hydrogens is 338 g/mol. The number of rotatable bonds is 4. The molecule has 3 aromatic rings. The molecule has 27 heavy (non-hydrogen) atoms. The topological polar surface area (TPSA) is 58.6 Å². The van der Waals surface area contributed by atoms with Gasteiger partial charge in [0, 0.05) is 12.5 Å². The van der Waals surface area contributed by atoms with Crippen molar-refractivity contribution in [1.29, 1.82) is 0 Å². The lowest BCUT2D eigenvalue weighted by Gasteiger charge is -2.15. The second kappa shape index (κ2) is 7.16. The molecule has 0 heterocycles. The predicted octanol–water partition coefficient (Wildman–Crippen LogP) is 4.74. The molecule has 0 saturated carbocycles. The number of aromatic hydroxyl groups is 1. The molecule has 2 N–H and O–H groups in total. The Morgan fingerprint density at radius 1 is 1.00 bits per heavy atom. The Balaban J connectivity index is 1.42. The van der Waals surface area contributed by atoms with Crippen molar-refractivity contribution < 1.29 is 14.6 Å². The van der Waals surface area contributed by atoms with E-state index in [1.54, 1.807) is 18.2 Å². The van der Waals surface area contributed by atoms with E-state index in [2.05, 4.69) is 29.6 Å². The van der Waals surface area contributed by atoms with Crippen molar-refractivity contribution in [2.24, 2.45) is 0 Å². The normalized spacial score (nSPS) is 12.3. The van der Waals surface area contributed by atoms with Gasteiger partial charge in [0.1, 0.15) is 12.4 Å². The van der Waals surface area contributed by atoms with Crippen LogP contribution >= 0.6 is 0 Å². The van der Waals surface area contributed by atoms with E-state index < -0.39 is 6.09 Å². The van der Waals surface area contributed by atoms with Gasteiger partial charge in [-0.1, -0.05) is 54.6 Å². The fourth-order valence-corrected chi connectivity index (χ4v) is 3.70. The molecule has 1 amide bonds. The summed E-state index contributed by atoms with van der Waals surface area (Å²) in [5, 5.41) is 12.3. The number of hydrogen-bond donors (Lipinski definition) is 2. The minimum atomic E-state index is -0.440. The number of phenolic OH excluding ortho intramolecular Hbond substituents is 1. The Hall–Kier alpha value is -3.27. The first kappa shape index (κ1) is 17.2. The summed E-state index contributed by atoms with van der Waals surface area (Å²) >= 11 is 0. The van der Waals surface area contributed by atoms with E-state index in [-0.39, 0.29) is 11.7 Å². The van der Waals surface area contributed by atoms with Crippen LogP contribution in [0.5, 0.6) is 5.75 Å². The van der Waals surface area contributed by atoms with Gasteiger partial charge < -0.3 is 15.2 Å². The van der Waals surface area contributed by atoms with E-state index in [0.29, 0.717) is 13.2 Å². The van der Waals surface area contributed by atoms with Crippen LogP contribution in [0, 0.1) is 6.92 Å². The van der Waals surface area contributed by atoms with E-state index in [9.17, 15) is 9.90 Å². The van der Waals surface area contributed by atoms with E-state index in [4.69, 9.17) is 4.74 Å². The summed E-state index contributed by atoms with van der Waals surface area (Å²) in [5.74, 6) is 0.274. The summed E-state index contributed by atoms with van der Waals surface area (Å²) < 4.78 is 5.53. The molecule has 4 nitrogen and oxygen atoms in total. The fourth-order valence-electron chi connectivity index (χ4n) is 3.70. The van der Waals surface area contributed by atoms with E-state index in [0.717, 1.165) is 11.1 Å². The van der Waals surface area contributed by atoms with Crippen molar-refractivity contribution in [3.8, 4) is 16.9 Å². The number of fused-ring (bicyclic) bond motifs is 3. The number of phenols is 1. The number of benzene rings is 3. The summed E-state index contributed by atoms with van der Waals surface area (Å²) in [5.41, 5.74) is 6.68. The number of aryl methyl sites for hydroxylation is 1. The summed E-state index contributed by atoms with van der Waals surface area (Å²) in [7, 11) is 0. The number of hydrogen-bond acceptors (Lipinski definition) is 3. The van der Waals surface area contributed by atoms with Crippen LogP contribution < -0.4 is 5.32 Å². The highest BCUT2D eigenvalue weighted by atomic mass is 16.5. The number of amides is 1. The Labute approximate surface area is 158 Å². The first-order valence-electron chi connectivity index (χ1n) is 9.01. The number of ether oxygens (including phenoxy) is 1. The van der Waals surface area contributed by atoms with E-state index >= 15 is 0 Å². The average Bonchev–Trinajstić information content (AvgIpc) is 3.00. The molecule has 4 rings (SSSR count). The molecule has 0 spiro atoms. The molecule has 1 aliphatic rings. The Morgan fingerprint density at radius 2 is 1.63 bits per heavy atom. The lowest BCUT2D eigenvalue weighted by Crippen LogP contribution is -2.26. The molecule has 0 saturated heterocycles. The summed E-state index contributed by atoms with van der Waals surface area (Å²) in [6.45, 7) is 2.56. The second-order valence-corrected chi connectivity index (χ2v) is 6.79. The molecule has 3 aromatic carbocycles. The largest absolute Gasteiger partial charge is 0.508 e. The zero-order valence-electron chi connectivity index (χ0n) is 15.1. The molecule has 1 aliphatic carbocycles. The lowest BCUT2D eigenvalue weighted by molar-refractivity contribution is 0.142. The van der Waals surface area contributed by atoms with Gasteiger partial charge in [-0.2, -0.15) is 0 Å². The third-order valence-electron chi connectivity index (χ3n) is 5.09.